The summed E-state index contributed by atoms with van der Waals surface area (Å²) in [4.78, 5) is 18.5. The third-order valence-electron chi connectivity index (χ3n) is 6.61. The van der Waals surface area contributed by atoms with Gasteiger partial charge in [-0.1, -0.05) is 56.3 Å². The molecule has 35 heavy (non-hydrogen) atoms. The lowest BCUT2D eigenvalue weighted by Crippen LogP contribution is -2.57. The summed E-state index contributed by atoms with van der Waals surface area (Å²) in [5, 5.41) is 10.5. The van der Waals surface area contributed by atoms with Crippen molar-refractivity contribution in [3.8, 4) is 5.88 Å². The lowest BCUT2D eigenvalue weighted by molar-refractivity contribution is -0.262. The number of nitrogens with zero attached hydrogens (tertiary/aromatic N) is 2. The van der Waals surface area contributed by atoms with Crippen molar-refractivity contribution in [1.82, 2.24) is 9.88 Å². The van der Waals surface area contributed by atoms with Crippen molar-refractivity contribution < 1.29 is 27.8 Å². The first kappa shape index (κ1) is 26.7. The molecule has 1 unspecified atom stereocenters. The molecule has 190 valence electrons. The highest BCUT2D eigenvalue weighted by molar-refractivity contribution is 5.87. The van der Waals surface area contributed by atoms with E-state index in [-0.39, 0.29) is 13.1 Å². The van der Waals surface area contributed by atoms with Crippen LogP contribution in [-0.4, -0.2) is 46.8 Å². The van der Waals surface area contributed by atoms with Crippen molar-refractivity contribution in [3.05, 3.63) is 65.9 Å². The second-order valence-corrected chi connectivity index (χ2v) is 8.90. The first-order valence-corrected chi connectivity index (χ1v) is 12.1. The number of hydrogen-bond donors (Lipinski definition) is 1. The van der Waals surface area contributed by atoms with Crippen LogP contribution in [0.5, 0.6) is 5.88 Å². The normalized spacial score (nSPS) is 16.5. The van der Waals surface area contributed by atoms with Crippen LogP contribution in [0.15, 0.2) is 49.0 Å². The molecular weight excluding hydrogens is 457 g/mol. The molecule has 1 aliphatic rings. The van der Waals surface area contributed by atoms with E-state index in [2.05, 4.69) is 11.6 Å². The number of ether oxygens (including phenoxy) is 1. The van der Waals surface area contributed by atoms with E-state index < -0.39 is 23.2 Å². The van der Waals surface area contributed by atoms with Crippen LogP contribution in [0.4, 0.5) is 13.2 Å². The number of amides is 1. The number of carbonyl (C=O) groups is 1. The minimum absolute atomic E-state index is 0.199. The van der Waals surface area contributed by atoms with Crippen LogP contribution in [0.1, 0.15) is 55.8 Å². The zero-order valence-corrected chi connectivity index (χ0v) is 20.1. The van der Waals surface area contributed by atoms with Gasteiger partial charge in [-0.15, -0.1) is 0 Å². The Balaban J connectivity index is 1.45. The lowest BCUT2D eigenvalue weighted by Gasteiger charge is -2.38. The quantitative estimate of drug-likeness (QED) is 0.445. The second kappa shape index (κ2) is 11.7. The summed E-state index contributed by atoms with van der Waals surface area (Å²) >= 11 is 0. The number of hydrogen-bond acceptors (Lipinski definition) is 4. The number of rotatable bonds is 10. The van der Waals surface area contributed by atoms with Gasteiger partial charge in [-0.2, -0.15) is 13.2 Å². The summed E-state index contributed by atoms with van der Waals surface area (Å²) in [5.41, 5.74) is -2.04. The summed E-state index contributed by atoms with van der Waals surface area (Å²) in [6.07, 6.45) is 1.36. The number of aliphatic hydroxyl groups is 1. The van der Waals surface area contributed by atoms with Crippen molar-refractivity contribution in [1.29, 1.82) is 0 Å². The predicted molar refractivity (Wildman–Crippen MR) is 129 cm³/mol. The number of pyridine rings is 1. The third-order valence-corrected chi connectivity index (χ3v) is 6.61. The largest absolute Gasteiger partial charge is 0.478 e. The van der Waals surface area contributed by atoms with E-state index in [4.69, 9.17) is 4.74 Å². The lowest BCUT2D eigenvalue weighted by atomic mass is 9.88. The molecule has 1 amide bonds. The van der Waals surface area contributed by atoms with Crippen LogP contribution in [0, 0.1) is 5.92 Å². The summed E-state index contributed by atoms with van der Waals surface area (Å²) in [5.74, 6) is -0.384. The number of likely N-dealkylation sites (tertiary alicyclic amines) is 1. The smallest absolute Gasteiger partial charge is 0.430 e. The van der Waals surface area contributed by atoms with Gasteiger partial charge in [0.05, 0.1) is 12.3 Å². The molecule has 1 N–H and O–H groups in total. The monoisotopic (exact) mass is 490 g/mol. The maximum absolute atomic E-state index is 13.8. The van der Waals surface area contributed by atoms with Gasteiger partial charge in [0.25, 0.3) is 11.5 Å². The molecule has 1 saturated heterocycles. The van der Waals surface area contributed by atoms with E-state index in [1.807, 2.05) is 19.1 Å². The molecule has 8 heteroatoms. The topological polar surface area (TPSA) is 62.7 Å². The zero-order chi connectivity index (χ0) is 25.5. The number of aryl methyl sites for hydroxylation is 1. The van der Waals surface area contributed by atoms with Crippen molar-refractivity contribution >= 4 is 12.0 Å². The Bertz CT molecular complexity index is 989. The highest BCUT2D eigenvalue weighted by Crippen LogP contribution is 2.41. The minimum Gasteiger partial charge on any atom is -0.478 e. The van der Waals surface area contributed by atoms with E-state index in [0.29, 0.717) is 31.2 Å². The van der Waals surface area contributed by atoms with E-state index in [9.17, 15) is 23.1 Å². The molecule has 1 atom stereocenters. The minimum atomic E-state index is -5.11. The molecule has 1 aliphatic heterocycles. The molecule has 1 fully saturated rings. The molecule has 1 aromatic carbocycles. The SMILES string of the molecule is C=Cc1ccc(OCCCCC2CCN(C(=O)C(O)(c3ccccc3)C(F)(F)F)CC2)nc1CC. The summed E-state index contributed by atoms with van der Waals surface area (Å²) < 4.78 is 47.2. The van der Waals surface area contributed by atoms with Crippen LogP contribution >= 0.6 is 0 Å². The Labute approximate surface area is 204 Å². The molecule has 0 aliphatic carbocycles. The Morgan fingerprint density at radius 2 is 1.86 bits per heavy atom. The highest BCUT2D eigenvalue weighted by Gasteiger charge is 2.62. The summed E-state index contributed by atoms with van der Waals surface area (Å²) in [7, 11) is 0. The van der Waals surface area contributed by atoms with Gasteiger partial charge in [0.2, 0.25) is 5.88 Å². The van der Waals surface area contributed by atoms with Crippen molar-refractivity contribution in [2.75, 3.05) is 19.7 Å². The van der Waals surface area contributed by atoms with E-state index >= 15 is 0 Å². The fraction of sp³-hybridized carbons (Fsp3) is 0.481. The molecule has 0 bridgehead atoms. The van der Waals surface area contributed by atoms with Gasteiger partial charge in [0.15, 0.2) is 0 Å². The molecule has 2 aromatic rings. The fourth-order valence-electron chi connectivity index (χ4n) is 4.49. The molecule has 2 heterocycles. The van der Waals surface area contributed by atoms with Crippen molar-refractivity contribution in [2.45, 2.75) is 57.2 Å². The molecule has 5 nitrogen and oxygen atoms in total. The number of piperidine rings is 1. The number of alkyl halides is 3. The average molecular weight is 491 g/mol. The van der Waals surface area contributed by atoms with Gasteiger partial charge in [-0.05, 0) is 49.7 Å². The van der Waals surface area contributed by atoms with Gasteiger partial charge in [0.1, 0.15) is 0 Å². The van der Waals surface area contributed by atoms with Gasteiger partial charge in [-0.3, -0.25) is 4.79 Å². The van der Waals surface area contributed by atoms with E-state index in [1.165, 1.54) is 12.1 Å². The number of benzene rings is 1. The van der Waals surface area contributed by atoms with E-state index in [1.54, 1.807) is 12.1 Å². The maximum atomic E-state index is 13.8. The van der Waals surface area contributed by atoms with Gasteiger partial charge >= 0.3 is 6.18 Å². The summed E-state index contributed by atoms with van der Waals surface area (Å²) in [6.45, 7) is 6.75. The average Bonchev–Trinajstić information content (AvgIpc) is 2.87. The number of unbranched alkanes of at least 4 members (excludes halogenated alkanes) is 1. The van der Waals surface area contributed by atoms with Crippen LogP contribution in [0.25, 0.3) is 6.08 Å². The van der Waals surface area contributed by atoms with Crippen LogP contribution < -0.4 is 4.74 Å². The van der Waals surface area contributed by atoms with Gasteiger partial charge < -0.3 is 14.7 Å². The Kier molecular flexibility index (Phi) is 8.94. The van der Waals surface area contributed by atoms with E-state index in [0.717, 1.165) is 54.0 Å². The Hall–Kier alpha value is -2.87. The number of halogens is 3. The van der Waals surface area contributed by atoms with Crippen LogP contribution in [0.3, 0.4) is 0 Å². The number of aromatic nitrogens is 1. The Morgan fingerprint density at radius 1 is 1.17 bits per heavy atom. The van der Waals surface area contributed by atoms with Crippen LogP contribution in [-0.2, 0) is 16.8 Å². The summed E-state index contributed by atoms with van der Waals surface area (Å²) in [6, 6.07) is 10.3. The molecule has 0 saturated carbocycles. The molecule has 0 radical (unpaired) electrons. The Morgan fingerprint density at radius 3 is 2.46 bits per heavy atom. The zero-order valence-electron chi connectivity index (χ0n) is 20.1. The van der Waals surface area contributed by atoms with Crippen molar-refractivity contribution in [2.24, 2.45) is 5.92 Å². The first-order chi connectivity index (χ1) is 16.7. The number of carbonyl (C=O) groups excluding carboxylic acids is 1. The maximum Gasteiger partial charge on any atom is 0.430 e. The highest BCUT2D eigenvalue weighted by atomic mass is 19.4. The molecular formula is C27H33F3N2O3. The molecule has 3 rings (SSSR count). The standard InChI is InChI=1S/C27H33F3N2O3/c1-3-21-13-14-24(31-23(21)4-2)35-19-9-8-10-20-15-17-32(18-16-20)25(33)26(34,27(28,29)30)22-11-6-5-7-12-22/h3,5-7,11-14,20,34H,1,4,8-10,15-19H2,2H3. The van der Waals surface area contributed by atoms with Crippen LogP contribution in [0.2, 0.25) is 0 Å². The first-order valence-electron chi connectivity index (χ1n) is 12.1. The fourth-order valence-corrected chi connectivity index (χ4v) is 4.49. The van der Waals surface area contributed by atoms with Gasteiger partial charge in [0, 0.05) is 24.7 Å². The molecule has 0 spiro atoms. The van der Waals surface area contributed by atoms with Crippen molar-refractivity contribution in [3.63, 3.8) is 0 Å². The molecule has 1 aromatic heterocycles. The third kappa shape index (κ3) is 6.23. The second-order valence-electron chi connectivity index (χ2n) is 8.90. The predicted octanol–water partition coefficient (Wildman–Crippen LogP) is 5.52. The van der Waals surface area contributed by atoms with Gasteiger partial charge in [-0.25, -0.2) is 4.98 Å².